The Morgan fingerprint density at radius 1 is 1.42 bits per heavy atom. The molecule has 1 amide bonds. The van der Waals surface area contributed by atoms with Crippen molar-refractivity contribution in [2.75, 3.05) is 6.54 Å². The molecule has 0 spiro atoms. The summed E-state index contributed by atoms with van der Waals surface area (Å²) in [5, 5.41) is 9.00. The van der Waals surface area contributed by atoms with E-state index in [2.05, 4.69) is 6.07 Å². The van der Waals surface area contributed by atoms with E-state index in [9.17, 15) is 13.6 Å². The van der Waals surface area contributed by atoms with Crippen LogP contribution in [0.2, 0.25) is 0 Å². The summed E-state index contributed by atoms with van der Waals surface area (Å²) >= 11 is 0. The molecule has 5 heteroatoms. The molecular weight excluding hydrogens is 250 g/mol. The summed E-state index contributed by atoms with van der Waals surface area (Å²) < 4.78 is 26.6. The zero-order valence-electron chi connectivity index (χ0n) is 10.4. The molecule has 0 saturated carbocycles. The fourth-order valence-electron chi connectivity index (χ4n) is 2.31. The summed E-state index contributed by atoms with van der Waals surface area (Å²) in [5.41, 5.74) is 0.0345. The normalized spacial score (nSPS) is 19.0. The number of rotatable bonds is 2. The Bertz CT molecular complexity index is 525. The van der Waals surface area contributed by atoms with Gasteiger partial charge in [-0.05, 0) is 25.3 Å². The van der Waals surface area contributed by atoms with Crippen molar-refractivity contribution in [3.05, 3.63) is 35.4 Å². The van der Waals surface area contributed by atoms with Crippen LogP contribution in [0.4, 0.5) is 8.78 Å². The minimum absolute atomic E-state index is 0.0345. The topological polar surface area (TPSA) is 44.1 Å². The molecule has 1 aromatic rings. The van der Waals surface area contributed by atoms with E-state index in [0.717, 1.165) is 18.9 Å². The van der Waals surface area contributed by atoms with E-state index < -0.39 is 17.7 Å². The van der Waals surface area contributed by atoms with Gasteiger partial charge in [-0.2, -0.15) is 5.26 Å². The molecule has 1 aliphatic rings. The molecule has 1 fully saturated rings. The van der Waals surface area contributed by atoms with Gasteiger partial charge in [-0.25, -0.2) is 8.78 Å². The number of nitriles is 1. The van der Waals surface area contributed by atoms with E-state index in [-0.39, 0.29) is 17.9 Å². The van der Waals surface area contributed by atoms with Crippen molar-refractivity contribution in [1.29, 1.82) is 5.26 Å². The number of hydrogen-bond acceptors (Lipinski definition) is 2. The second kappa shape index (κ2) is 5.79. The monoisotopic (exact) mass is 264 g/mol. The number of carbonyl (C=O) groups is 1. The van der Waals surface area contributed by atoms with Crippen LogP contribution in [-0.2, 0) is 11.2 Å². The van der Waals surface area contributed by atoms with Gasteiger partial charge in [-0.3, -0.25) is 4.79 Å². The minimum Gasteiger partial charge on any atom is -0.326 e. The SMILES string of the molecule is N#CC1CCCCN1C(=O)Cc1cccc(F)c1F. The van der Waals surface area contributed by atoms with Gasteiger partial charge < -0.3 is 4.90 Å². The second-order valence-electron chi connectivity index (χ2n) is 4.62. The number of likely N-dealkylation sites (tertiary alicyclic amines) is 1. The van der Waals surface area contributed by atoms with Gasteiger partial charge in [-0.15, -0.1) is 0 Å². The maximum absolute atomic E-state index is 13.5. The smallest absolute Gasteiger partial charge is 0.228 e. The van der Waals surface area contributed by atoms with Crippen LogP contribution in [-0.4, -0.2) is 23.4 Å². The second-order valence-corrected chi connectivity index (χ2v) is 4.62. The van der Waals surface area contributed by atoms with Crippen LogP contribution >= 0.6 is 0 Å². The molecule has 1 heterocycles. The Labute approximate surface area is 110 Å². The molecule has 1 saturated heterocycles. The van der Waals surface area contributed by atoms with Gasteiger partial charge in [0.15, 0.2) is 11.6 Å². The van der Waals surface area contributed by atoms with Crippen molar-refractivity contribution in [3.63, 3.8) is 0 Å². The molecule has 0 aromatic heterocycles. The van der Waals surface area contributed by atoms with Crippen LogP contribution in [0.1, 0.15) is 24.8 Å². The van der Waals surface area contributed by atoms with Crippen LogP contribution in [0.15, 0.2) is 18.2 Å². The predicted molar refractivity (Wildman–Crippen MR) is 65.0 cm³/mol. The summed E-state index contributed by atoms with van der Waals surface area (Å²) in [5.74, 6) is -2.27. The first-order chi connectivity index (χ1) is 9.13. The lowest BCUT2D eigenvalue weighted by Gasteiger charge is -2.31. The highest BCUT2D eigenvalue weighted by molar-refractivity contribution is 5.79. The quantitative estimate of drug-likeness (QED) is 0.823. The molecular formula is C14H14F2N2O. The first-order valence-electron chi connectivity index (χ1n) is 6.25. The minimum atomic E-state index is -0.985. The van der Waals surface area contributed by atoms with Crippen molar-refractivity contribution < 1.29 is 13.6 Å². The molecule has 0 N–H and O–H groups in total. The van der Waals surface area contributed by atoms with E-state index in [1.54, 1.807) is 0 Å². The summed E-state index contributed by atoms with van der Waals surface area (Å²) in [6.45, 7) is 0.508. The largest absolute Gasteiger partial charge is 0.326 e. The Balaban J connectivity index is 2.12. The van der Waals surface area contributed by atoms with Gasteiger partial charge in [0.1, 0.15) is 6.04 Å². The number of nitrogens with zero attached hydrogens (tertiary/aromatic N) is 2. The lowest BCUT2D eigenvalue weighted by molar-refractivity contribution is -0.132. The third kappa shape index (κ3) is 2.90. The van der Waals surface area contributed by atoms with Gasteiger partial charge in [0.05, 0.1) is 12.5 Å². The van der Waals surface area contributed by atoms with Crippen LogP contribution in [0.5, 0.6) is 0 Å². The molecule has 0 radical (unpaired) electrons. The third-order valence-electron chi connectivity index (χ3n) is 3.35. The van der Waals surface area contributed by atoms with Gasteiger partial charge in [-0.1, -0.05) is 12.1 Å². The number of halogens is 2. The summed E-state index contributed by atoms with van der Waals surface area (Å²) in [6.07, 6.45) is 2.20. The van der Waals surface area contributed by atoms with Crippen molar-refractivity contribution >= 4 is 5.91 Å². The van der Waals surface area contributed by atoms with Gasteiger partial charge in [0.25, 0.3) is 0 Å². The summed E-state index contributed by atoms with van der Waals surface area (Å²) in [7, 11) is 0. The highest BCUT2D eigenvalue weighted by Gasteiger charge is 2.27. The standard InChI is InChI=1S/C14H14F2N2O/c15-12-6-3-4-10(14(12)16)8-13(19)18-7-2-1-5-11(18)9-17/h3-4,6,11H,1-2,5,7-8H2. The number of carbonyl (C=O) groups excluding carboxylic acids is 1. The average molecular weight is 264 g/mol. The molecule has 1 atom stereocenters. The van der Waals surface area contributed by atoms with E-state index in [4.69, 9.17) is 5.26 Å². The van der Waals surface area contributed by atoms with E-state index in [1.807, 2.05) is 0 Å². The molecule has 100 valence electrons. The maximum Gasteiger partial charge on any atom is 0.228 e. The highest BCUT2D eigenvalue weighted by atomic mass is 19.2. The van der Waals surface area contributed by atoms with Crippen molar-refractivity contribution in [1.82, 2.24) is 4.90 Å². The Kier molecular flexibility index (Phi) is 4.10. The van der Waals surface area contributed by atoms with Crippen LogP contribution in [0.25, 0.3) is 0 Å². The first kappa shape index (κ1) is 13.5. The van der Waals surface area contributed by atoms with Crippen LogP contribution in [0.3, 0.4) is 0 Å². The van der Waals surface area contributed by atoms with E-state index in [1.165, 1.54) is 17.0 Å². The van der Waals surface area contributed by atoms with Crippen LogP contribution in [0, 0.1) is 23.0 Å². The average Bonchev–Trinajstić information content (AvgIpc) is 2.43. The molecule has 3 nitrogen and oxygen atoms in total. The number of hydrogen-bond donors (Lipinski definition) is 0. The lowest BCUT2D eigenvalue weighted by atomic mass is 10.0. The molecule has 2 rings (SSSR count). The van der Waals surface area contributed by atoms with Gasteiger partial charge in [0, 0.05) is 12.1 Å². The maximum atomic E-state index is 13.5. The Morgan fingerprint density at radius 3 is 2.95 bits per heavy atom. The molecule has 1 unspecified atom stereocenters. The van der Waals surface area contributed by atoms with E-state index in [0.29, 0.717) is 13.0 Å². The summed E-state index contributed by atoms with van der Waals surface area (Å²) in [4.78, 5) is 13.6. The molecule has 1 aliphatic heterocycles. The highest BCUT2D eigenvalue weighted by Crippen LogP contribution is 2.19. The van der Waals surface area contributed by atoms with Crippen molar-refractivity contribution in [2.24, 2.45) is 0 Å². The number of amides is 1. The molecule has 0 aliphatic carbocycles. The van der Waals surface area contributed by atoms with Crippen molar-refractivity contribution in [3.8, 4) is 6.07 Å². The fraction of sp³-hybridized carbons (Fsp3) is 0.429. The zero-order valence-corrected chi connectivity index (χ0v) is 10.4. The van der Waals surface area contributed by atoms with Crippen molar-refractivity contribution in [2.45, 2.75) is 31.7 Å². The van der Waals surface area contributed by atoms with Gasteiger partial charge in [0.2, 0.25) is 5.91 Å². The Morgan fingerprint density at radius 2 is 2.21 bits per heavy atom. The summed E-state index contributed by atoms with van der Waals surface area (Å²) in [6, 6.07) is 5.42. The third-order valence-corrected chi connectivity index (χ3v) is 3.35. The van der Waals surface area contributed by atoms with Gasteiger partial charge >= 0.3 is 0 Å². The predicted octanol–water partition coefficient (Wildman–Crippen LogP) is 2.41. The molecule has 1 aromatic carbocycles. The molecule has 0 bridgehead atoms. The number of benzene rings is 1. The number of piperidine rings is 1. The molecule has 19 heavy (non-hydrogen) atoms. The lowest BCUT2D eigenvalue weighted by Crippen LogP contribution is -2.43. The fourth-order valence-corrected chi connectivity index (χ4v) is 2.31. The first-order valence-corrected chi connectivity index (χ1v) is 6.25. The Hall–Kier alpha value is -1.96. The van der Waals surface area contributed by atoms with Crippen LogP contribution < -0.4 is 0 Å². The zero-order chi connectivity index (χ0) is 13.8. The van der Waals surface area contributed by atoms with E-state index >= 15 is 0 Å².